The fraction of sp³-hybridized carbons (Fsp3) is 0.429. The van der Waals surface area contributed by atoms with Gasteiger partial charge < -0.3 is 21.1 Å². The van der Waals surface area contributed by atoms with Crippen LogP contribution in [0, 0.1) is 0 Å². The number of aromatic carboxylic acids is 1. The molecular weight excluding hydrogens is 429 g/mol. The molecule has 9 heteroatoms. The number of nitrogens with zero attached hydrogens (tertiary/aromatic N) is 1. The van der Waals surface area contributed by atoms with Crippen molar-refractivity contribution < 1.29 is 14.3 Å². The first-order valence-electron chi connectivity index (χ1n) is 9.99. The van der Waals surface area contributed by atoms with Crippen LogP contribution in [0.2, 0.25) is 0 Å². The molecule has 0 bridgehead atoms. The molecule has 0 radical (unpaired) electrons. The number of aromatic nitrogens is 1. The largest absolute Gasteiger partial charge is 0.477 e. The topological polar surface area (TPSA) is 111 Å². The summed E-state index contributed by atoms with van der Waals surface area (Å²) in [5, 5.41) is 9.88. The third-order valence-electron chi connectivity index (χ3n) is 6.25. The molecule has 0 saturated heterocycles. The van der Waals surface area contributed by atoms with E-state index >= 15 is 4.39 Å². The second kappa shape index (κ2) is 6.93. The minimum Gasteiger partial charge on any atom is -0.477 e. The lowest BCUT2D eigenvalue weighted by atomic mass is 9.90. The number of alkyl halides is 1. The van der Waals surface area contributed by atoms with Gasteiger partial charge in [-0.2, -0.15) is 0 Å². The van der Waals surface area contributed by atoms with Crippen molar-refractivity contribution >= 4 is 39.6 Å². The van der Waals surface area contributed by atoms with E-state index in [4.69, 9.17) is 23.1 Å². The highest BCUT2D eigenvalue weighted by atomic mass is 35.5. The third kappa shape index (κ3) is 2.85. The van der Waals surface area contributed by atoms with Gasteiger partial charge in [0.25, 0.3) is 0 Å². The van der Waals surface area contributed by atoms with E-state index in [9.17, 15) is 14.7 Å². The van der Waals surface area contributed by atoms with Crippen molar-refractivity contribution in [3.8, 4) is 0 Å². The first-order valence-corrected chi connectivity index (χ1v) is 11.2. The van der Waals surface area contributed by atoms with Crippen LogP contribution in [-0.4, -0.2) is 21.8 Å². The second-order valence-electron chi connectivity index (χ2n) is 8.26. The van der Waals surface area contributed by atoms with Gasteiger partial charge in [0.05, 0.1) is 27.2 Å². The minimum absolute atomic E-state index is 0.0285. The highest BCUT2D eigenvalue weighted by Gasteiger charge is 2.38. The maximum absolute atomic E-state index is 15.6. The van der Waals surface area contributed by atoms with Gasteiger partial charge in [0.1, 0.15) is 5.56 Å². The summed E-state index contributed by atoms with van der Waals surface area (Å²) in [6, 6.07) is 1.92. The highest BCUT2D eigenvalue weighted by Crippen LogP contribution is 2.44. The Labute approximate surface area is 180 Å². The summed E-state index contributed by atoms with van der Waals surface area (Å²) >= 11 is 8.22. The molecule has 5 rings (SSSR count). The second-order valence-corrected chi connectivity index (χ2v) is 9.78. The van der Waals surface area contributed by atoms with Crippen molar-refractivity contribution in [3.05, 3.63) is 53.9 Å². The zero-order valence-corrected chi connectivity index (χ0v) is 17.6. The average Bonchev–Trinajstić information content (AvgIpc) is 3.45. The molecule has 2 heterocycles. The third-order valence-corrected chi connectivity index (χ3v) is 8.06. The van der Waals surface area contributed by atoms with Gasteiger partial charge >= 0.3 is 5.97 Å². The molecule has 6 nitrogen and oxygen atoms in total. The van der Waals surface area contributed by atoms with Crippen LogP contribution in [0.25, 0.3) is 10.7 Å². The average molecular weight is 450 g/mol. The number of carboxylic acid groups (broad SMARTS) is 1. The molecule has 30 heavy (non-hydrogen) atoms. The van der Waals surface area contributed by atoms with Crippen LogP contribution in [0.3, 0.4) is 0 Å². The summed E-state index contributed by atoms with van der Waals surface area (Å²) in [5.41, 5.74) is 12.0. The molecule has 0 amide bonds. The number of hydrogen-bond donors (Lipinski definition) is 3. The zero-order valence-electron chi connectivity index (χ0n) is 16.0. The van der Waals surface area contributed by atoms with E-state index in [0.29, 0.717) is 5.35 Å². The number of hydrogen-bond acceptors (Lipinski definition) is 5. The maximum Gasteiger partial charge on any atom is 0.341 e. The fourth-order valence-corrected chi connectivity index (χ4v) is 6.44. The summed E-state index contributed by atoms with van der Waals surface area (Å²) in [4.78, 5) is 26.2. The number of thiophene rings is 1. The number of carboxylic acids is 1. The Bertz CT molecular complexity index is 1260. The molecule has 2 aromatic heterocycles. The number of carbonyl (C=O) groups is 1. The van der Waals surface area contributed by atoms with Crippen molar-refractivity contribution in [2.24, 2.45) is 11.5 Å². The Morgan fingerprint density at radius 2 is 2.07 bits per heavy atom. The molecule has 2 aromatic rings. The number of rotatable bonds is 3. The van der Waals surface area contributed by atoms with Crippen molar-refractivity contribution in [1.82, 2.24) is 4.57 Å². The monoisotopic (exact) mass is 449 g/mol. The lowest BCUT2D eigenvalue weighted by molar-refractivity contribution is 0.0694. The van der Waals surface area contributed by atoms with E-state index in [1.807, 2.05) is 6.07 Å². The van der Waals surface area contributed by atoms with Crippen molar-refractivity contribution in [2.75, 3.05) is 0 Å². The molecule has 0 aliphatic heterocycles. The number of pyridine rings is 1. The van der Waals surface area contributed by atoms with Crippen LogP contribution < -0.4 is 27.5 Å². The lowest BCUT2D eigenvalue weighted by Gasteiger charge is -2.26. The molecule has 3 atom stereocenters. The number of halogens is 2. The SMILES string of the molecule is NC1=c2c(=O)c(C(=O)O)cn(C3CC3)c2=C(Cl)C(c2cc3c(s2)C(N)CCC3)C1F. The summed E-state index contributed by atoms with van der Waals surface area (Å²) < 4.78 is 17.3. The Kier molecular flexibility index (Phi) is 4.57. The van der Waals surface area contributed by atoms with E-state index in [1.165, 1.54) is 17.5 Å². The molecule has 3 aliphatic carbocycles. The molecular formula is C21H21ClFN3O3S. The highest BCUT2D eigenvalue weighted by molar-refractivity contribution is 7.12. The first kappa shape index (κ1) is 19.8. The Balaban J connectivity index is 1.80. The summed E-state index contributed by atoms with van der Waals surface area (Å²) in [6.07, 6.45) is 4.05. The Hall–Kier alpha value is -2.16. The van der Waals surface area contributed by atoms with Crippen LogP contribution in [0.5, 0.6) is 0 Å². The van der Waals surface area contributed by atoms with Gasteiger partial charge in [-0.3, -0.25) is 4.79 Å². The van der Waals surface area contributed by atoms with E-state index < -0.39 is 29.1 Å². The molecule has 1 saturated carbocycles. The van der Waals surface area contributed by atoms with Crippen molar-refractivity contribution in [2.45, 2.75) is 56.3 Å². The van der Waals surface area contributed by atoms with E-state index in [1.54, 1.807) is 4.57 Å². The minimum atomic E-state index is -1.72. The number of fused-ring (bicyclic) bond motifs is 2. The van der Waals surface area contributed by atoms with Gasteiger partial charge in [-0.25, -0.2) is 9.18 Å². The van der Waals surface area contributed by atoms with Crippen molar-refractivity contribution in [1.29, 1.82) is 0 Å². The maximum atomic E-state index is 15.6. The van der Waals surface area contributed by atoms with Gasteiger partial charge in [0.2, 0.25) is 5.43 Å². The predicted octanol–water partition coefficient (Wildman–Crippen LogP) is 1.83. The number of aryl methyl sites for hydroxylation is 1. The smallest absolute Gasteiger partial charge is 0.341 e. The summed E-state index contributed by atoms with van der Waals surface area (Å²) in [6.45, 7) is 0. The molecule has 0 spiro atoms. The van der Waals surface area contributed by atoms with Crippen molar-refractivity contribution in [3.63, 3.8) is 0 Å². The van der Waals surface area contributed by atoms with Gasteiger partial charge in [0, 0.05) is 28.0 Å². The number of nitrogens with two attached hydrogens (primary N) is 2. The quantitative estimate of drug-likeness (QED) is 0.662. The fourth-order valence-electron chi connectivity index (χ4n) is 4.57. The van der Waals surface area contributed by atoms with Crippen LogP contribution in [0.1, 0.15) is 69.4 Å². The van der Waals surface area contributed by atoms with E-state index in [-0.39, 0.29) is 28.0 Å². The van der Waals surface area contributed by atoms with Gasteiger partial charge in [-0.15, -0.1) is 11.3 Å². The molecule has 5 N–H and O–H groups in total. The molecule has 0 aromatic carbocycles. The standard InChI is InChI=1S/C21H21ClFN3O3S/c22-15-13(12-6-8-2-1-3-11(24)20(8)30-12)16(23)17(25)14-18(15)26(9-4-5-9)7-10(19(14)27)21(28)29/h6-7,9,11,13,16H,1-5,24-25H2,(H,28,29). The van der Waals surface area contributed by atoms with Crippen LogP contribution in [0.4, 0.5) is 4.39 Å². The normalized spacial score (nSPS) is 25.8. The molecule has 158 valence electrons. The van der Waals surface area contributed by atoms with Gasteiger partial charge in [-0.1, -0.05) is 11.6 Å². The van der Waals surface area contributed by atoms with Crippen LogP contribution >= 0.6 is 22.9 Å². The lowest BCUT2D eigenvalue weighted by Crippen LogP contribution is -2.55. The van der Waals surface area contributed by atoms with Gasteiger partial charge in [-0.05, 0) is 43.7 Å². The molecule has 1 fully saturated rings. The first-order chi connectivity index (χ1) is 14.3. The Morgan fingerprint density at radius 3 is 2.70 bits per heavy atom. The van der Waals surface area contributed by atoms with Gasteiger partial charge in [0.15, 0.2) is 6.17 Å². The Morgan fingerprint density at radius 1 is 1.33 bits per heavy atom. The zero-order chi connectivity index (χ0) is 21.3. The predicted molar refractivity (Wildman–Crippen MR) is 114 cm³/mol. The summed E-state index contributed by atoms with van der Waals surface area (Å²) in [7, 11) is 0. The van der Waals surface area contributed by atoms with E-state index in [0.717, 1.165) is 47.4 Å². The van der Waals surface area contributed by atoms with Crippen LogP contribution in [0.15, 0.2) is 17.1 Å². The van der Waals surface area contributed by atoms with Crippen LogP contribution in [-0.2, 0) is 6.42 Å². The van der Waals surface area contributed by atoms with E-state index in [2.05, 4.69) is 0 Å². The molecule has 3 unspecified atom stereocenters. The summed E-state index contributed by atoms with van der Waals surface area (Å²) in [5.74, 6) is -2.19. The molecule has 3 aliphatic rings.